The van der Waals surface area contributed by atoms with Crippen molar-refractivity contribution in [2.24, 2.45) is 10.9 Å². The smallest absolute Gasteiger partial charge is 0.404 e. The fourth-order valence-corrected chi connectivity index (χ4v) is 4.59. The number of rotatable bonds is 12. The number of amides is 3. The summed E-state index contributed by atoms with van der Waals surface area (Å²) in [4.78, 5) is 67.0. The number of nitrogen functional groups attached to an aromatic ring is 1. The van der Waals surface area contributed by atoms with Crippen molar-refractivity contribution in [3.05, 3.63) is 51.0 Å². The van der Waals surface area contributed by atoms with E-state index in [2.05, 4.69) is 20.2 Å². The lowest BCUT2D eigenvalue weighted by molar-refractivity contribution is -0.384. The monoisotopic (exact) mass is 601 g/mol. The minimum absolute atomic E-state index is 0.0167. The second-order valence-electron chi connectivity index (χ2n) is 7.63. The Kier molecular flexibility index (Phi) is 9.13. The van der Waals surface area contributed by atoms with E-state index in [1.54, 1.807) is 0 Å². The minimum atomic E-state index is -5.07. The Balaban J connectivity index is 1.67. The Labute approximate surface area is 227 Å². The first-order chi connectivity index (χ1) is 18.8. The van der Waals surface area contributed by atoms with Gasteiger partial charge in [0, 0.05) is 17.5 Å². The van der Waals surface area contributed by atoms with Gasteiger partial charge in [-0.3, -0.25) is 24.3 Å². The lowest BCUT2D eigenvalue weighted by atomic mass is 9.99. The van der Waals surface area contributed by atoms with E-state index in [9.17, 15) is 42.3 Å². The number of non-ortho nitro benzene ring substituents is 1. The number of hydrogen-bond acceptors (Lipinski definition) is 15. The molecule has 19 nitrogen and oxygen atoms in total. The molecule has 0 aliphatic carbocycles. The van der Waals surface area contributed by atoms with Crippen molar-refractivity contribution >= 4 is 62.0 Å². The zero-order chi connectivity index (χ0) is 29.6. The molecule has 1 saturated heterocycles. The number of benzene rings is 1. The number of nitrogens with one attached hydrogen (secondary N) is 1. The number of oxime groups is 1. The van der Waals surface area contributed by atoms with Crippen LogP contribution in [0.3, 0.4) is 0 Å². The largest absolute Gasteiger partial charge is 0.458 e. The number of primary amides is 1. The van der Waals surface area contributed by atoms with Gasteiger partial charge in [-0.05, 0) is 17.7 Å². The number of anilines is 1. The van der Waals surface area contributed by atoms with E-state index in [0.717, 1.165) is 11.3 Å². The Morgan fingerprint density at radius 3 is 2.48 bits per heavy atom. The molecule has 0 bridgehead atoms. The third kappa shape index (κ3) is 7.36. The molecule has 6 N–H and O–H groups in total. The molecule has 0 spiro atoms. The van der Waals surface area contributed by atoms with Crippen LogP contribution in [0.15, 0.2) is 34.8 Å². The molecular formula is C19H19N7O12S2. The van der Waals surface area contributed by atoms with Gasteiger partial charge >= 0.3 is 22.4 Å². The molecule has 1 aromatic heterocycles. The molecule has 1 aromatic carbocycles. The summed E-state index contributed by atoms with van der Waals surface area (Å²) < 4.78 is 41.7. The Hall–Kier alpha value is -4.89. The number of carbonyl (C=O) groups excluding carboxylic acids is 4. The number of nitrogens with zero attached hydrogens (tertiary/aromatic N) is 4. The van der Waals surface area contributed by atoms with Crippen LogP contribution in [0.4, 0.5) is 15.6 Å². The third-order valence-corrected chi connectivity index (χ3v) is 6.59. The molecule has 0 unspecified atom stereocenters. The van der Waals surface area contributed by atoms with Crippen molar-refractivity contribution in [2.75, 3.05) is 18.9 Å². The van der Waals surface area contributed by atoms with Gasteiger partial charge in [0.1, 0.15) is 31.0 Å². The van der Waals surface area contributed by atoms with Crippen molar-refractivity contribution in [1.82, 2.24) is 14.6 Å². The van der Waals surface area contributed by atoms with E-state index < -0.39 is 70.1 Å². The maximum Gasteiger partial charge on any atom is 0.404 e. The molecule has 1 fully saturated rings. The predicted octanol–water partition coefficient (Wildman–Crippen LogP) is -1.31. The third-order valence-electron chi connectivity index (χ3n) is 4.97. The fourth-order valence-electron chi connectivity index (χ4n) is 3.17. The number of β-lactam (4-membered cyclic amide) rings is 1. The summed E-state index contributed by atoms with van der Waals surface area (Å²) in [6.07, 6.45) is -1.31. The highest BCUT2D eigenvalue weighted by molar-refractivity contribution is 7.84. The van der Waals surface area contributed by atoms with Gasteiger partial charge in [-0.1, -0.05) is 5.16 Å². The number of carbonyl (C=O) groups is 4. The topological polar surface area (TPSA) is 286 Å². The Morgan fingerprint density at radius 2 is 1.93 bits per heavy atom. The number of esters is 1. The highest BCUT2D eigenvalue weighted by Crippen LogP contribution is 2.24. The highest BCUT2D eigenvalue weighted by Gasteiger charge is 2.54. The average molecular weight is 602 g/mol. The summed E-state index contributed by atoms with van der Waals surface area (Å²) in [6, 6.07) is 2.05. The second kappa shape index (κ2) is 12.3. The van der Waals surface area contributed by atoms with Gasteiger partial charge in [-0.15, -0.1) is 11.3 Å². The standard InChI is InChI=1S/C19H19N7O12S2/c20-18-22-11(8-39-18)14(24-38-7-13(27)36-5-9-1-3-10(4-2-9)26(31)32)16(28)23-15-12(6-37-19(21)30)25(17(15)29)40(33,34)35/h1-4,8,12,15H,5-7H2,(H2,20,22)(H2,21,30)(H,23,28)(H,33,34,35)/b24-14+/t12-,15+/m1/s1. The van der Waals surface area contributed by atoms with Crippen molar-refractivity contribution < 1.29 is 51.4 Å². The molecule has 1 aliphatic heterocycles. The molecule has 2 heterocycles. The summed E-state index contributed by atoms with van der Waals surface area (Å²) in [7, 11) is -5.07. The molecule has 2 atom stereocenters. The molecule has 21 heteroatoms. The van der Waals surface area contributed by atoms with Crippen LogP contribution in [0.2, 0.25) is 0 Å². The maximum atomic E-state index is 12.9. The second-order valence-corrected chi connectivity index (χ2v) is 9.81. The molecule has 0 radical (unpaired) electrons. The first-order valence-electron chi connectivity index (χ1n) is 10.6. The molecule has 2 aromatic rings. The highest BCUT2D eigenvalue weighted by atomic mass is 32.2. The molecule has 3 rings (SSSR count). The van der Waals surface area contributed by atoms with Gasteiger partial charge in [0.05, 0.1) is 4.92 Å². The molecule has 3 amide bonds. The van der Waals surface area contributed by atoms with E-state index in [1.165, 1.54) is 29.6 Å². The number of thiazole rings is 1. The van der Waals surface area contributed by atoms with Crippen LogP contribution < -0.4 is 16.8 Å². The first-order valence-corrected chi connectivity index (χ1v) is 12.9. The number of ether oxygens (including phenoxy) is 2. The first kappa shape index (κ1) is 29.7. The summed E-state index contributed by atoms with van der Waals surface area (Å²) in [5, 5.41) is 17.7. The fraction of sp³-hybridized carbons (Fsp3) is 0.263. The lowest BCUT2D eigenvalue weighted by Crippen LogP contribution is -2.73. The quantitative estimate of drug-likeness (QED) is 0.0549. The van der Waals surface area contributed by atoms with Crippen molar-refractivity contribution in [3.8, 4) is 0 Å². The van der Waals surface area contributed by atoms with Gasteiger partial charge in [0.15, 0.2) is 10.8 Å². The van der Waals surface area contributed by atoms with Gasteiger partial charge in [0.25, 0.3) is 17.5 Å². The van der Waals surface area contributed by atoms with Crippen LogP contribution in [0.25, 0.3) is 0 Å². The maximum absolute atomic E-state index is 12.9. The van der Waals surface area contributed by atoms with Gasteiger partial charge < -0.3 is 31.1 Å². The molecule has 40 heavy (non-hydrogen) atoms. The van der Waals surface area contributed by atoms with Gasteiger partial charge in [0.2, 0.25) is 6.61 Å². The average Bonchev–Trinajstić information content (AvgIpc) is 3.30. The summed E-state index contributed by atoms with van der Waals surface area (Å²) in [6.45, 7) is -1.83. The number of nitro groups is 1. The van der Waals surface area contributed by atoms with E-state index >= 15 is 0 Å². The molecule has 214 valence electrons. The predicted molar refractivity (Wildman–Crippen MR) is 132 cm³/mol. The Bertz CT molecular complexity index is 1460. The van der Waals surface area contributed by atoms with E-state index in [1.807, 2.05) is 0 Å². The van der Waals surface area contributed by atoms with Crippen molar-refractivity contribution in [3.63, 3.8) is 0 Å². The zero-order valence-corrected chi connectivity index (χ0v) is 21.5. The number of aromatic nitrogens is 1. The summed E-state index contributed by atoms with van der Waals surface area (Å²) >= 11 is 0.911. The van der Waals surface area contributed by atoms with E-state index in [-0.39, 0.29) is 27.4 Å². The van der Waals surface area contributed by atoms with E-state index in [0.29, 0.717) is 5.56 Å². The van der Waals surface area contributed by atoms with Gasteiger partial charge in [-0.2, -0.15) is 8.42 Å². The lowest BCUT2D eigenvalue weighted by Gasteiger charge is -2.43. The minimum Gasteiger partial charge on any atom is -0.458 e. The van der Waals surface area contributed by atoms with Crippen LogP contribution in [-0.4, -0.2) is 82.1 Å². The molecule has 1 aliphatic rings. The number of nitro benzene ring substituents is 1. The van der Waals surface area contributed by atoms with Gasteiger partial charge in [-0.25, -0.2) is 18.9 Å². The van der Waals surface area contributed by atoms with Crippen LogP contribution in [-0.2, 0) is 45.6 Å². The van der Waals surface area contributed by atoms with Crippen LogP contribution in [0.1, 0.15) is 11.3 Å². The van der Waals surface area contributed by atoms with Crippen LogP contribution in [0, 0.1) is 10.1 Å². The van der Waals surface area contributed by atoms with Crippen LogP contribution in [0.5, 0.6) is 0 Å². The number of nitrogens with two attached hydrogens (primary N) is 2. The SMILES string of the molecule is NC(=O)OC[C@@H]1[C@H](NC(=O)/C(=N/OCC(=O)OCc2ccc([N+](=O)[O-])cc2)c2csc(N)n2)C(=O)N1S(=O)(=O)O. The van der Waals surface area contributed by atoms with Crippen LogP contribution >= 0.6 is 11.3 Å². The van der Waals surface area contributed by atoms with Crippen molar-refractivity contribution in [1.29, 1.82) is 0 Å². The summed E-state index contributed by atoms with van der Waals surface area (Å²) in [5.41, 5.74) is 10.0. The molecule has 0 saturated carbocycles. The molecular weight excluding hydrogens is 582 g/mol. The number of hydrogen-bond donors (Lipinski definition) is 4. The van der Waals surface area contributed by atoms with Crippen molar-refractivity contribution in [2.45, 2.75) is 18.7 Å². The zero-order valence-electron chi connectivity index (χ0n) is 19.9. The Morgan fingerprint density at radius 1 is 1.25 bits per heavy atom. The normalized spacial score (nSPS) is 17.0. The summed E-state index contributed by atoms with van der Waals surface area (Å²) in [5.74, 6) is -3.33. The van der Waals surface area contributed by atoms with E-state index in [4.69, 9.17) is 21.0 Å².